The van der Waals surface area contributed by atoms with Crippen LogP contribution in [0.4, 0.5) is 0 Å². The number of carbonyl (C=O) groups excluding carboxylic acids is 1. The fraction of sp³-hybridized carbons (Fsp3) is 0. The smallest absolute Gasteiger partial charge is 0.233 e. The maximum atomic E-state index is 10.6. The van der Waals surface area contributed by atoms with E-state index in [0.29, 0.717) is 5.56 Å². The number of hydrogen-bond donors (Lipinski definition) is 0. The van der Waals surface area contributed by atoms with Crippen molar-refractivity contribution in [3.05, 3.63) is 60.2 Å². The summed E-state index contributed by atoms with van der Waals surface area (Å²) in [7, 11) is 0. The molecule has 0 spiro atoms. The summed E-state index contributed by atoms with van der Waals surface area (Å²) in [6, 6.07) is 18.0. The van der Waals surface area contributed by atoms with Crippen molar-refractivity contribution in [2.75, 3.05) is 0 Å². The van der Waals surface area contributed by atoms with Crippen LogP contribution in [0.2, 0.25) is 0 Å². The van der Waals surface area contributed by atoms with Gasteiger partial charge in [0.2, 0.25) is 6.29 Å². The van der Waals surface area contributed by atoms with Crippen molar-refractivity contribution in [1.82, 2.24) is 0 Å². The van der Waals surface area contributed by atoms with Crippen molar-refractivity contribution in [3.8, 4) is 0 Å². The van der Waals surface area contributed by atoms with E-state index in [9.17, 15) is 4.79 Å². The zero-order chi connectivity index (χ0) is 11.0. The minimum atomic E-state index is 0.600. The summed E-state index contributed by atoms with van der Waals surface area (Å²) in [4.78, 5) is 10.6. The second-order valence-corrected chi connectivity index (χ2v) is 3.82. The molecule has 0 saturated carbocycles. The fourth-order valence-electron chi connectivity index (χ4n) is 2.08. The van der Waals surface area contributed by atoms with E-state index >= 15 is 0 Å². The highest BCUT2D eigenvalue weighted by Crippen LogP contribution is 2.25. The Hall–Kier alpha value is -2.15. The molecule has 1 radical (unpaired) electrons. The minimum absolute atomic E-state index is 0.600. The molecular formula is C15H9O. The Morgan fingerprint density at radius 3 is 2.38 bits per heavy atom. The summed E-state index contributed by atoms with van der Waals surface area (Å²) < 4.78 is 0. The molecule has 0 saturated heterocycles. The fourth-order valence-corrected chi connectivity index (χ4v) is 2.08. The molecule has 0 atom stereocenters. The largest absolute Gasteiger partial charge is 0.285 e. The van der Waals surface area contributed by atoms with E-state index in [4.69, 9.17) is 0 Å². The first kappa shape index (κ1) is 9.10. The van der Waals surface area contributed by atoms with Gasteiger partial charge in [0.05, 0.1) is 0 Å². The zero-order valence-corrected chi connectivity index (χ0v) is 8.60. The normalized spacial score (nSPS) is 10.8. The van der Waals surface area contributed by atoms with Gasteiger partial charge in [-0.1, -0.05) is 48.5 Å². The summed E-state index contributed by atoms with van der Waals surface area (Å²) in [5.41, 5.74) is 0.600. The number of hydrogen-bond acceptors (Lipinski definition) is 1. The minimum Gasteiger partial charge on any atom is -0.285 e. The molecule has 3 aromatic rings. The molecule has 3 rings (SSSR count). The van der Waals surface area contributed by atoms with Gasteiger partial charge in [-0.3, -0.25) is 4.79 Å². The van der Waals surface area contributed by atoms with Gasteiger partial charge in [0.1, 0.15) is 0 Å². The molecule has 16 heavy (non-hydrogen) atoms. The zero-order valence-electron chi connectivity index (χ0n) is 8.60. The first-order valence-corrected chi connectivity index (χ1v) is 5.18. The van der Waals surface area contributed by atoms with E-state index < -0.39 is 0 Å². The van der Waals surface area contributed by atoms with Crippen LogP contribution in [-0.2, 0) is 4.79 Å². The first-order chi connectivity index (χ1) is 7.88. The van der Waals surface area contributed by atoms with Crippen LogP contribution in [0.5, 0.6) is 0 Å². The van der Waals surface area contributed by atoms with Crippen molar-refractivity contribution >= 4 is 27.8 Å². The van der Waals surface area contributed by atoms with Gasteiger partial charge in [-0.05, 0) is 27.6 Å². The molecule has 1 heteroatoms. The molecule has 75 valence electrons. The molecular weight excluding hydrogens is 196 g/mol. The van der Waals surface area contributed by atoms with Crippen LogP contribution >= 0.6 is 0 Å². The van der Waals surface area contributed by atoms with Crippen LogP contribution in [0.25, 0.3) is 21.5 Å². The van der Waals surface area contributed by atoms with Crippen molar-refractivity contribution in [3.63, 3.8) is 0 Å². The maximum absolute atomic E-state index is 10.6. The van der Waals surface area contributed by atoms with Gasteiger partial charge >= 0.3 is 0 Å². The number of fused-ring (bicyclic) bond motifs is 3. The van der Waals surface area contributed by atoms with Crippen molar-refractivity contribution < 1.29 is 4.79 Å². The monoisotopic (exact) mass is 205 g/mol. The Kier molecular flexibility index (Phi) is 1.97. The molecule has 1 nitrogen and oxygen atoms in total. The summed E-state index contributed by atoms with van der Waals surface area (Å²) in [6.45, 7) is 0. The van der Waals surface area contributed by atoms with Crippen LogP contribution in [0.15, 0.2) is 54.6 Å². The van der Waals surface area contributed by atoms with E-state index in [-0.39, 0.29) is 0 Å². The van der Waals surface area contributed by atoms with Gasteiger partial charge < -0.3 is 0 Å². The molecule has 0 amide bonds. The average Bonchev–Trinajstić information content (AvgIpc) is 2.38. The standard InChI is InChI=1S/C15H9O/c16-10-11-5-8-15-13(9-11)7-6-12-3-1-2-4-14(12)15/h1-9H. The van der Waals surface area contributed by atoms with Crippen LogP contribution < -0.4 is 0 Å². The molecule has 0 aromatic heterocycles. The summed E-state index contributed by atoms with van der Waals surface area (Å²) in [6.07, 6.45) is 1.92. The lowest BCUT2D eigenvalue weighted by molar-refractivity contribution is 0.563. The predicted molar refractivity (Wildman–Crippen MR) is 66.2 cm³/mol. The van der Waals surface area contributed by atoms with Gasteiger partial charge in [0, 0.05) is 5.56 Å². The van der Waals surface area contributed by atoms with Crippen LogP contribution in [0.1, 0.15) is 5.56 Å². The molecule has 0 unspecified atom stereocenters. The second-order valence-electron chi connectivity index (χ2n) is 3.82. The topological polar surface area (TPSA) is 17.1 Å². The van der Waals surface area contributed by atoms with E-state index in [2.05, 4.69) is 18.2 Å². The number of rotatable bonds is 1. The van der Waals surface area contributed by atoms with Gasteiger partial charge in [0.15, 0.2) is 0 Å². The van der Waals surface area contributed by atoms with Gasteiger partial charge in [-0.25, -0.2) is 0 Å². The first-order valence-electron chi connectivity index (χ1n) is 5.18. The van der Waals surface area contributed by atoms with Crippen molar-refractivity contribution in [2.24, 2.45) is 0 Å². The third-order valence-corrected chi connectivity index (χ3v) is 2.86. The van der Waals surface area contributed by atoms with Gasteiger partial charge in [-0.2, -0.15) is 0 Å². The van der Waals surface area contributed by atoms with Crippen LogP contribution in [-0.4, -0.2) is 6.29 Å². The Morgan fingerprint density at radius 2 is 1.50 bits per heavy atom. The molecule has 0 bridgehead atoms. The lowest BCUT2D eigenvalue weighted by atomic mass is 10.0. The summed E-state index contributed by atoms with van der Waals surface area (Å²) >= 11 is 0. The second kappa shape index (κ2) is 3.46. The van der Waals surface area contributed by atoms with E-state index in [1.54, 1.807) is 0 Å². The Morgan fingerprint density at radius 1 is 0.750 bits per heavy atom. The van der Waals surface area contributed by atoms with E-state index in [0.717, 1.165) is 5.39 Å². The van der Waals surface area contributed by atoms with E-state index in [1.807, 2.05) is 42.7 Å². The predicted octanol–water partition coefficient (Wildman–Crippen LogP) is 3.45. The van der Waals surface area contributed by atoms with Gasteiger partial charge in [-0.15, -0.1) is 0 Å². The Balaban J connectivity index is 2.47. The lowest BCUT2D eigenvalue weighted by Gasteiger charge is -2.03. The molecule has 0 aliphatic carbocycles. The molecule has 3 aromatic carbocycles. The lowest BCUT2D eigenvalue weighted by Crippen LogP contribution is -1.82. The highest BCUT2D eigenvalue weighted by atomic mass is 16.1. The molecule has 0 aliphatic heterocycles. The molecule has 0 heterocycles. The third kappa shape index (κ3) is 1.29. The van der Waals surface area contributed by atoms with E-state index in [1.165, 1.54) is 16.2 Å². The average molecular weight is 205 g/mol. The molecule has 0 aliphatic rings. The highest BCUT2D eigenvalue weighted by molar-refractivity contribution is 6.08. The third-order valence-electron chi connectivity index (χ3n) is 2.86. The summed E-state index contributed by atoms with van der Waals surface area (Å²) in [5.74, 6) is 0. The van der Waals surface area contributed by atoms with Crippen LogP contribution in [0.3, 0.4) is 0 Å². The SMILES string of the molecule is O=[C]c1ccc2c(ccc3ccccc32)c1. The molecule has 0 fully saturated rings. The molecule has 0 N–H and O–H groups in total. The number of benzene rings is 3. The Bertz CT molecular complexity index is 683. The highest BCUT2D eigenvalue weighted by Gasteiger charge is 2.00. The quantitative estimate of drug-likeness (QED) is 0.556. The Labute approximate surface area is 93.3 Å². The maximum Gasteiger partial charge on any atom is 0.233 e. The van der Waals surface area contributed by atoms with Crippen molar-refractivity contribution in [2.45, 2.75) is 0 Å². The van der Waals surface area contributed by atoms with Gasteiger partial charge in [0.25, 0.3) is 0 Å². The van der Waals surface area contributed by atoms with Crippen molar-refractivity contribution in [1.29, 1.82) is 0 Å². The summed E-state index contributed by atoms with van der Waals surface area (Å²) in [5, 5.41) is 4.70. The van der Waals surface area contributed by atoms with Crippen LogP contribution in [0, 0.1) is 0 Å².